The summed E-state index contributed by atoms with van der Waals surface area (Å²) in [6, 6.07) is 14.5. The molecule has 0 spiro atoms. The van der Waals surface area contributed by atoms with Crippen LogP contribution < -0.4 is 4.74 Å². The molecule has 0 saturated carbocycles. The molecule has 0 radical (unpaired) electrons. The van der Waals surface area contributed by atoms with Crippen molar-refractivity contribution in [1.29, 1.82) is 0 Å². The smallest absolute Gasteiger partial charge is 0.131 e. The van der Waals surface area contributed by atoms with E-state index in [1.807, 2.05) is 0 Å². The Labute approximate surface area is 168 Å². The minimum absolute atomic E-state index is 0.0176. The van der Waals surface area contributed by atoms with E-state index in [9.17, 15) is 9.50 Å². The lowest BCUT2D eigenvalue weighted by molar-refractivity contribution is 0.204. The number of hydrogen-bond acceptors (Lipinski definition) is 3. The second kappa shape index (κ2) is 8.35. The molecule has 0 amide bonds. The summed E-state index contributed by atoms with van der Waals surface area (Å²) in [6.45, 7) is -0.0176. The van der Waals surface area contributed by atoms with Gasteiger partial charge in [0.1, 0.15) is 28.9 Å². The molecule has 26 heavy (non-hydrogen) atoms. The van der Waals surface area contributed by atoms with Crippen molar-refractivity contribution in [2.75, 3.05) is 0 Å². The van der Waals surface area contributed by atoms with Gasteiger partial charge in [0, 0.05) is 21.2 Å². The Kier molecular flexibility index (Phi) is 6.14. The Morgan fingerprint density at radius 1 is 1.08 bits per heavy atom. The number of ether oxygens (including phenoxy) is 1. The fraction of sp³-hybridized carbons (Fsp3) is 0.105. The van der Waals surface area contributed by atoms with E-state index in [1.165, 1.54) is 6.07 Å². The van der Waals surface area contributed by atoms with E-state index in [1.54, 1.807) is 48.5 Å². The molecular weight excluding hydrogens is 444 g/mol. The van der Waals surface area contributed by atoms with E-state index in [0.717, 1.165) is 0 Å². The van der Waals surface area contributed by atoms with Crippen molar-refractivity contribution >= 4 is 39.1 Å². The van der Waals surface area contributed by atoms with Crippen molar-refractivity contribution in [1.82, 2.24) is 4.98 Å². The minimum Gasteiger partial charge on any atom is -0.488 e. The number of rotatable bonds is 5. The van der Waals surface area contributed by atoms with Gasteiger partial charge in [-0.1, -0.05) is 35.3 Å². The zero-order chi connectivity index (χ0) is 18.7. The third-order valence-corrected chi connectivity index (χ3v) is 4.59. The van der Waals surface area contributed by atoms with Gasteiger partial charge in [-0.05, 0) is 58.4 Å². The molecule has 1 unspecified atom stereocenters. The average Bonchev–Trinajstić information content (AvgIpc) is 2.61. The highest BCUT2D eigenvalue weighted by Crippen LogP contribution is 2.33. The quantitative estimate of drug-likeness (QED) is 0.482. The van der Waals surface area contributed by atoms with Crippen LogP contribution in [0.1, 0.15) is 22.9 Å². The van der Waals surface area contributed by atoms with Gasteiger partial charge in [-0.25, -0.2) is 9.37 Å². The fourth-order valence-electron chi connectivity index (χ4n) is 2.39. The summed E-state index contributed by atoms with van der Waals surface area (Å²) in [5.74, 6) is -0.0692. The number of pyridine rings is 1. The number of aromatic nitrogens is 1. The number of halogens is 4. The first-order valence-electron chi connectivity index (χ1n) is 7.61. The molecule has 3 nitrogen and oxygen atoms in total. The van der Waals surface area contributed by atoms with E-state index in [-0.39, 0.29) is 6.61 Å². The van der Waals surface area contributed by atoms with Crippen LogP contribution in [0.25, 0.3) is 0 Å². The van der Waals surface area contributed by atoms with Crippen molar-refractivity contribution in [2.45, 2.75) is 12.7 Å². The number of aliphatic hydroxyl groups is 1. The molecule has 2 aromatic carbocycles. The second-order valence-electron chi connectivity index (χ2n) is 5.49. The number of nitrogens with zero attached hydrogens (tertiary/aromatic N) is 1. The molecule has 1 N–H and O–H groups in total. The lowest BCUT2D eigenvalue weighted by Gasteiger charge is -2.17. The van der Waals surface area contributed by atoms with Crippen molar-refractivity contribution in [3.8, 4) is 5.75 Å². The Hall–Kier alpha value is -1.66. The van der Waals surface area contributed by atoms with E-state index in [0.29, 0.717) is 37.2 Å². The summed E-state index contributed by atoms with van der Waals surface area (Å²) >= 11 is 15.1. The summed E-state index contributed by atoms with van der Waals surface area (Å²) < 4.78 is 20.3. The molecule has 0 aliphatic carbocycles. The molecule has 3 aromatic rings. The molecule has 3 rings (SSSR count). The highest BCUT2D eigenvalue weighted by atomic mass is 79.9. The highest BCUT2D eigenvalue weighted by molar-refractivity contribution is 9.10. The van der Waals surface area contributed by atoms with Crippen molar-refractivity contribution in [2.24, 2.45) is 0 Å². The van der Waals surface area contributed by atoms with Gasteiger partial charge in [0.05, 0.1) is 5.69 Å². The zero-order valence-corrected chi connectivity index (χ0v) is 16.4. The predicted octanol–water partition coefficient (Wildman–Crippen LogP) is 5.95. The molecular formula is C19H13BrCl2FNO2. The summed E-state index contributed by atoms with van der Waals surface area (Å²) in [5, 5.41) is 11.5. The molecule has 7 heteroatoms. The van der Waals surface area contributed by atoms with Crippen molar-refractivity contribution < 1.29 is 14.2 Å². The fourth-order valence-corrected chi connectivity index (χ4v) is 3.09. The van der Waals surface area contributed by atoms with Crippen LogP contribution >= 0.6 is 39.1 Å². The molecule has 1 atom stereocenters. The first kappa shape index (κ1) is 19.1. The van der Waals surface area contributed by atoms with Gasteiger partial charge < -0.3 is 9.84 Å². The van der Waals surface area contributed by atoms with Gasteiger partial charge in [0.2, 0.25) is 0 Å². The lowest BCUT2D eigenvalue weighted by atomic mass is 10.0. The van der Waals surface area contributed by atoms with Crippen LogP contribution in [0.15, 0.2) is 59.2 Å². The van der Waals surface area contributed by atoms with Crippen molar-refractivity contribution in [3.05, 3.63) is 91.9 Å². The van der Waals surface area contributed by atoms with Crippen LogP contribution in [0, 0.1) is 5.82 Å². The van der Waals surface area contributed by atoms with Crippen LogP contribution in [0.4, 0.5) is 4.39 Å². The molecule has 0 bridgehead atoms. The third-order valence-electron chi connectivity index (χ3n) is 3.68. The molecule has 1 aromatic heterocycles. The molecule has 0 aliphatic rings. The molecule has 0 fully saturated rings. The maximum absolute atomic E-state index is 13.9. The number of benzene rings is 2. The van der Waals surface area contributed by atoms with Crippen LogP contribution in [0.3, 0.4) is 0 Å². The Morgan fingerprint density at radius 3 is 2.54 bits per heavy atom. The Bertz CT molecular complexity index is 939. The Morgan fingerprint density at radius 2 is 1.81 bits per heavy atom. The first-order valence-corrected chi connectivity index (χ1v) is 9.15. The van der Waals surface area contributed by atoms with E-state index in [2.05, 4.69) is 20.9 Å². The van der Waals surface area contributed by atoms with Gasteiger partial charge in [-0.2, -0.15) is 0 Å². The normalized spacial score (nSPS) is 12.0. The summed E-state index contributed by atoms with van der Waals surface area (Å²) in [5.41, 5.74) is 1.23. The topological polar surface area (TPSA) is 42.4 Å². The predicted molar refractivity (Wildman–Crippen MR) is 103 cm³/mol. The third kappa shape index (κ3) is 4.54. The average molecular weight is 457 g/mol. The van der Waals surface area contributed by atoms with E-state index >= 15 is 0 Å². The van der Waals surface area contributed by atoms with E-state index < -0.39 is 11.9 Å². The Balaban J connectivity index is 1.88. The molecule has 0 aliphatic heterocycles. The van der Waals surface area contributed by atoms with Gasteiger partial charge in [-0.15, -0.1) is 0 Å². The SMILES string of the molecule is OC(c1cccc(Br)n1)c1cc(Cl)ccc1OCc1ccc(Cl)cc1F. The number of aliphatic hydroxyl groups excluding tert-OH is 1. The van der Waals surface area contributed by atoms with Crippen LogP contribution in [-0.4, -0.2) is 10.1 Å². The van der Waals surface area contributed by atoms with Gasteiger partial charge in [0.25, 0.3) is 0 Å². The number of hydrogen-bond donors (Lipinski definition) is 1. The van der Waals surface area contributed by atoms with E-state index in [4.69, 9.17) is 27.9 Å². The highest BCUT2D eigenvalue weighted by Gasteiger charge is 2.18. The minimum atomic E-state index is -1.05. The van der Waals surface area contributed by atoms with Gasteiger partial charge >= 0.3 is 0 Å². The van der Waals surface area contributed by atoms with Crippen molar-refractivity contribution in [3.63, 3.8) is 0 Å². The van der Waals surface area contributed by atoms with Crippen LogP contribution in [0.2, 0.25) is 10.0 Å². The van der Waals surface area contributed by atoms with Crippen LogP contribution in [0.5, 0.6) is 5.75 Å². The van der Waals surface area contributed by atoms with Crippen LogP contribution in [-0.2, 0) is 6.61 Å². The zero-order valence-electron chi connectivity index (χ0n) is 13.3. The summed E-state index contributed by atoms with van der Waals surface area (Å²) in [7, 11) is 0. The molecule has 134 valence electrons. The standard InChI is InChI=1S/C19H13BrCl2FNO2/c20-18-3-1-2-16(24-18)19(25)14-8-12(21)6-7-17(14)26-10-11-4-5-13(22)9-15(11)23/h1-9,19,25H,10H2. The lowest BCUT2D eigenvalue weighted by Crippen LogP contribution is -2.07. The molecule has 1 heterocycles. The second-order valence-corrected chi connectivity index (χ2v) is 7.18. The van der Waals surface area contributed by atoms with Gasteiger partial charge in [-0.3, -0.25) is 0 Å². The first-order chi connectivity index (χ1) is 12.4. The maximum Gasteiger partial charge on any atom is 0.131 e. The maximum atomic E-state index is 13.9. The summed E-state index contributed by atoms with van der Waals surface area (Å²) in [6.07, 6.45) is -1.05. The summed E-state index contributed by atoms with van der Waals surface area (Å²) in [4.78, 5) is 4.26. The monoisotopic (exact) mass is 455 g/mol. The van der Waals surface area contributed by atoms with Gasteiger partial charge in [0.15, 0.2) is 0 Å². The largest absolute Gasteiger partial charge is 0.488 e. The molecule has 0 saturated heterocycles.